The number of aromatic nitrogens is 4. The molecule has 2 aromatic rings. The molecule has 0 spiro atoms. The highest BCUT2D eigenvalue weighted by molar-refractivity contribution is 9.10. The van der Waals surface area contributed by atoms with Crippen LogP contribution in [0.3, 0.4) is 0 Å². The van der Waals surface area contributed by atoms with Crippen molar-refractivity contribution in [2.45, 2.75) is 33.4 Å². The number of hydrogen-bond donors (Lipinski definition) is 1. The molecule has 0 bridgehead atoms. The molecule has 0 aromatic carbocycles. The topological polar surface area (TPSA) is 91.0 Å². The van der Waals surface area contributed by atoms with Gasteiger partial charge in [0.25, 0.3) is 0 Å². The Morgan fingerprint density at radius 1 is 1.39 bits per heavy atom. The number of nitrogens with zero attached hydrogens (tertiary/aromatic N) is 4. The van der Waals surface area contributed by atoms with Crippen molar-refractivity contribution in [3.8, 4) is 0 Å². The molecule has 1 unspecified atom stereocenters. The largest absolute Gasteiger partial charge is 0.464 e. The lowest BCUT2D eigenvalue weighted by molar-refractivity contribution is -0.119. The van der Waals surface area contributed by atoms with Crippen LogP contribution < -0.4 is 5.32 Å². The zero-order valence-corrected chi connectivity index (χ0v) is 14.9. The molecule has 1 atom stereocenters. The van der Waals surface area contributed by atoms with E-state index in [-0.39, 0.29) is 11.6 Å². The third-order valence-electron chi connectivity index (χ3n) is 3.36. The summed E-state index contributed by atoms with van der Waals surface area (Å²) < 4.78 is 8.62. The van der Waals surface area contributed by atoms with Crippen LogP contribution >= 0.6 is 15.9 Å². The van der Waals surface area contributed by atoms with Crippen molar-refractivity contribution in [1.82, 2.24) is 19.6 Å². The number of carbonyl (C=O) groups excluding carboxylic acids is 2. The van der Waals surface area contributed by atoms with Crippen molar-refractivity contribution >= 4 is 33.5 Å². The number of nitrogens with one attached hydrogen (secondary N) is 1. The van der Waals surface area contributed by atoms with Gasteiger partial charge < -0.3 is 10.1 Å². The van der Waals surface area contributed by atoms with E-state index in [1.54, 1.807) is 28.7 Å². The Hall–Kier alpha value is -2.16. The molecule has 2 aromatic heterocycles. The van der Waals surface area contributed by atoms with Gasteiger partial charge in [-0.25, -0.2) is 4.79 Å². The summed E-state index contributed by atoms with van der Waals surface area (Å²) in [7, 11) is 1.27. The maximum absolute atomic E-state index is 12.4. The number of aryl methyl sites for hydroxylation is 2. The summed E-state index contributed by atoms with van der Waals surface area (Å²) in [4.78, 5) is 24.2. The summed E-state index contributed by atoms with van der Waals surface area (Å²) in [5, 5.41) is 11.1. The lowest BCUT2D eigenvalue weighted by Gasteiger charge is -2.12. The average Bonchev–Trinajstić information content (AvgIpc) is 3.09. The highest BCUT2D eigenvalue weighted by atomic mass is 79.9. The molecular weight excluding hydrogens is 366 g/mol. The molecular formula is C14H18BrN5O3. The van der Waals surface area contributed by atoms with Crippen molar-refractivity contribution < 1.29 is 14.3 Å². The van der Waals surface area contributed by atoms with Crippen molar-refractivity contribution in [3.05, 3.63) is 28.3 Å². The van der Waals surface area contributed by atoms with E-state index in [0.29, 0.717) is 12.2 Å². The predicted octanol–water partition coefficient (Wildman–Crippen LogP) is 2.16. The summed E-state index contributed by atoms with van der Waals surface area (Å²) in [6.07, 6.45) is 3.33. The van der Waals surface area contributed by atoms with Gasteiger partial charge in [0.05, 0.1) is 23.0 Å². The van der Waals surface area contributed by atoms with Crippen LogP contribution in [0.1, 0.15) is 36.1 Å². The molecule has 1 N–H and O–H groups in total. The Balaban J connectivity index is 2.22. The Morgan fingerprint density at radius 2 is 2.09 bits per heavy atom. The molecule has 2 heterocycles. The fourth-order valence-electron chi connectivity index (χ4n) is 1.94. The first-order valence-electron chi connectivity index (χ1n) is 7.05. The molecule has 23 heavy (non-hydrogen) atoms. The number of halogens is 1. The zero-order valence-electron chi connectivity index (χ0n) is 13.3. The molecule has 0 aliphatic carbocycles. The van der Waals surface area contributed by atoms with E-state index in [1.807, 2.05) is 13.8 Å². The van der Waals surface area contributed by atoms with Crippen LogP contribution in [0.25, 0.3) is 0 Å². The first-order valence-corrected chi connectivity index (χ1v) is 7.84. The van der Waals surface area contributed by atoms with E-state index in [0.717, 1.165) is 10.2 Å². The van der Waals surface area contributed by atoms with E-state index in [1.165, 1.54) is 7.11 Å². The molecule has 8 nitrogen and oxygen atoms in total. The van der Waals surface area contributed by atoms with Crippen molar-refractivity contribution in [2.24, 2.45) is 0 Å². The summed E-state index contributed by atoms with van der Waals surface area (Å²) in [5.74, 6) is -0.904. The third-order valence-corrected chi connectivity index (χ3v) is 4.13. The molecule has 2 rings (SSSR count). The Bertz CT molecular complexity index is 717. The quantitative estimate of drug-likeness (QED) is 0.798. The van der Waals surface area contributed by atoms with Crippen LogP contribution in [0.2, 0.25) is 0 Å². The number of anilines is 1. The Kier molecular flexibility index (Phi) is 5.19. The summed E-state index contributed by atoms with van der Waals surface area (Å²) in [6, 6.07) is -0.546. The first-order chi connectivity index (χ1) is 10.9. The maximum Gasteiger partial charge on any atom is 0.360 e. The van der Waals surface area contributed by atoms with Crippen LogP contribution in [0.5, 0.6) is 0 Å². The zero-order chi connectivity index (χ0) is 17.1. The highest BCUT2D eigenvalue weighted by Crippen LogP contribution is 2.20. The molecule has 0 saturated carbocycles. The second-order valence-electron chi connectivity index (χ2n) is 4.95. The van der Waals surface area contributed by atoms with Gasteiger partial charge >= 0.3 is 5.97 Å². The van der Waals surface area contributed by atoms with Gasteiger partial charge in [0.1, 0.15) is 6.04 Å². The van der Waals surface area contributed by atoms with Gasteiger partial charge in [0.15, 0.2) is 5.69 Å². The number of carbonyl (C=O) groups is 2. The van der Waals surface area contributed by atoms with Gasteiger partial charge in [-0.05, 0) is 36.7 Å². The summed E-state index contributed by atoms with van der Waals surface area (Å²) >= 11 is 3.36. The summed E-state index contributed by atoms with van der Waals surface area (Å²) in [5.41, 5.74) is 1.19. The van der Waals surface area contributed by atoms with Gasteiger partial charge in [-0.15, -0.1) is 0 Å². The van der Waals surface area contributed by atoms with Crippen LogP contribution in [0.15, 0.2) is 16.9 Å². The number of amides is 1. The van der Waals surface area contributed by atoms with E-state index < -0.39 is 12.0 Å². The number of methoxy groups -OCH3 is 1. The molecule has 0 radical (unpaired) electrons. The van der Waals surface area contributed by atoms with E-state index in [4.69, 9.17) is 4.74 Å². The lowest BCUT2D eigenvalue weighted by Crippen LogP contribution is -2.24. The van der Waals surface area contributed by atoms with Gasteiger partial charge in [0.2, 0.25) is 5.91 Å². The minimum Gasteiger partial charge on any atom is -0.464 e. The molecule has 9 heteroatoms. The van der Waals surface area contributed by atoms with Gasteiger partial charge in [0, 0.05) is 18.9 Å². The number of ether oxygens (including phenoxy) is 1. The van der Waals surface area contributed by atoms with E-state index in [9.17, 15) is 9.59 Å². The van der Waals surface area contributed by atoms with Gasteiger partial charge in [-0.2, -0.15) is 10.2 Å². The number of rotatable bonds is 5. The third kappa shape index (κ3) is 3.61. The minimum absolute atomic E-state index is 0.0766. The fourth-order valence-corrected chi connectivity index (χ4v) is 2.23. The lowest BCUT2D eigenvalue weighted by atomic mass is 10.3. The highest BCUT2D eigenvalue weighted by Gasteiger charge is 2.22. The predicted molar refractivity (Wildman–Crippen MR) is 87.2 cm³/mol. The van der Waals surface area contributed by atoms with Crippen molar-refractivity contribution in [2.75, 3.05) is 12.4 Å². The SMILES string of the molecule is CCn1cc(NC(=O)C(C)n2cc(Br)c(C)n2)c(C(=O)OC)n1. The minimum atomic E-state index is -0.599. The molecule has 0 saturated heterocycles. The van der Waals surface area contributed by atoms with Crippen LogP contribution in [0.4, 0.5) is 5.69 Å². The van der Waals surface area contributed by atoms with Crippen molar-refractivity contribution in [3.63, 3.8) is 0 Å². The number of esters is 1. The second kappa shape index (κ2) is 6.95. The first kappa shape index (κ1) is 17.2. The molecule has 0 aliphatic rings. The van der Waals surface area contributed by atoms with E-state index in [2.05, 4.69) is 31.4 Å². The van der Waals surface area contributed by atoms with Crippen LogP contribution in [-0.2, 0) is 16.1 Å². The fraction of sp³-hybridized carbons (Fsp3) is 0.429. The van der Waals surface area contributed by atoms with Gasteiger partial charge in [-0.3, -0.25) is 14.2 Å². The molecule has 1 amide bonds. The van der Waals surface area contributed by atoms with E-state index >= 15 is 0 Å². The summed E-state index contributed by atoms with van der Waals surface area (Å²) in [6.45, 7) is 6.01. The van der Waals surface area contributed by atoms with Crippen molar-refractivity contribution in [1.29, 1.82) is 0 Å². The Labute approximate surface area is 141 Å². The Morgan fingerprint density at radius 3 is 2.61 bits per heavy atom. The average molecular weight is 384 g/mol. The molecule has 0 fully saturated rings. The van der Waals surface area contributed by atoms with Crippen LogP contribution in [-0.4, -0.2) is 38.5 Å². The van der Waals surface area contributed by atoms with Crippen LogP contribution in [0, 0.1) is 6.92 Å². The maximum atomic E-state index is 12.4. The standard InChI is InChI=1S/C14H18BrN5O3/c1-5-19-7-11(12(18-19)14(22)23-4)16-13(21)9(3)20-6-10(15)8(2)17-20/h6-7,9H,5H2,1-4H3,(H,16,21). The smallest absolute Gasteiger partial charge is 0.360 e. The number of hydrogen-bond acceptors (Lipinski definition) is 5. The molecule has 0 aliphatic heterocycles. The second-order valence-corrected chi connectivity index (χ2v) is 5.80. The molecule has 124 valence electrons. The normalized spacial score (nSPS) is 12.0. The van der Waals surface area contributed by atoms with Gasteiger partial charge in [-0.1, -0.05) is 0 Å². The monoisotopic (exact) mass is 383 g/mol.